The quantitative estimate of drug-likeness (QED) is 0.798. The highest BCUT2D eigenvalue weighted by molar-refractivity contribution is 7.09. The average Bonchev–Trinajstić information content (AvgIpc) is 2.73. The van der Waals surface area contributed by atoms with Gasteiger partial charge in [-0.2, -0.15) is 0 Å². The molecule has 3 nitrogen and oxygen atoms in total. The van der Waals surface area contributed by atoms with Crippen LogP contribution in [0.4, 0.5) is 0 Å². The lowest BCUT2D eigenvalue weighted by Crippen LogP contribution is -2.31. The Hall–Kier alpha value is -0.450. The number of hydrogen-bond acceptors (Lipinski definition) is 4. The molecule has 1 unspecified atom stereocenters. The lowest BCUT2D eigenvalue weighted by molar-refractivity contribution is 0.164. The van der Waals surface area contributed by atoms with Crippen LogP contribution < -0.4 is 5.32 Å². The highest BCUT2D eigenvalue weighted by Crippen LogP contribution is 2.17. The number of nitrogens with zero attached hydrogens (tertiary/aromatic N) is 1. The normalized spacial score (nSPS) is 13.3. The SMILES string of the molecule is CCC(COC)NCc1nc(C(C)C)cs1. The van der Waals surface area contributed by atoms with Crippen molar-refractivity contribution in [3.8, 4) is 0 Å². The second-order valence-electron chi connectivity index (χ2n) is 4.26. The molecule has 4 heteroatoms. The molecule has 0 fully saturated rings. The largest absolute Gasteiger partial charge is 0.383 e. The molecule has 16 heavy (non-hydrogen) atoms. The van der Waals surface area contributed by atoms with E-state index in [9.17, 15) is 0 Å². The lowest BCUT2D eigenvalue weighted by Gasteiger charge is -2.14. The van der Waals surface area contributed by atoms with Crippen molar-refractivity contribution in [2.45, 2.75) is 45.7 Å². The summed E-state index contributed by atoms with van der Waals surface area (Å²) in [5.41, 5.74) is 1.20. The average molecular weight is 242 g/mol. The first-order valence-corrected chi connectivity index (χ1v) is 6.72. The van der Waals surface area contributed by atoms with Crippen LogP contribution in [0.25, 0.3) is 0 Å². The van der Waals surface area contributed by atoms with Crippen LogP contribution in [-0.4, -0.2) is 24.7 Å². The van der Waals surface area contributed by atoms with Crippen LogP contribution in [0, 0.1) is 0 Å². The fourth-order valence-electron chi connectivity index (χ4n) is 1.43. The summed E-state index contributed by atoms with van der Waals surface area (Å²) >= 11 is 1.73. The second-order valence-corrected chi connectivity index (χ2v) is 5.20. The molecule has 1 aromatic heterocycles. The van der Waals surface area contributed by atoms with Crippen LogP contribution in [0.15, 0.2) is 5.38 Å². The Bertz CT molecular complexity index is 299. The summed E-state index contributed by atoms with van der Waals surface area (Å²) in [6.07, 6.45) is 1.08. The molecule has 0 aliphatic rings. The Kier molecular flexibility index (Phi) is 5.95. The van der Waals surface area contributed by atoms with Crippen LogP contribution in [0.5, 0.6) is 0 Å². The monoisotopic (exact) mass is 242 g/mol. The van der Waals surface area contributed by atoms with E-state index in [1.807, 2.05) is 0 Å². The third-order valence-corrected chi connectivity index (χ3v) is 3.43. The topological polar surface area (TPSA) is 34.1 Å². The molecule has 0 saturated carbocycles. The molecule has 0 spiro atoms. The smallest absolute Gasteiger partial charge is 0.107 e. The highest BCUT2D eigenvalue weighted by atomic mass is 32.1. The van der Waals surface area contributed by atoms with Gasteiger partial charge in [-0.05, 0) is 12.3 Å². The Balaban J connectivity index is 2.41. The maximum absolute atomic E-state index is 5.15. The number of nitrogens with one attached hydrogen (secondary N) is 1. The van der Waals surface area contributed by atoms with Crippen molar-refractivity contribution in [1.29, 1.82) is 0 Å². The van der Waals surface area contributed by atoms with Crippen molar-refractivity contribution in [2.75, 3.05) is 13.7 Å². The molecule has 92 valence electrons. The van der Waals surface area contributed by atoms with Crippen LogP contribution in [-0.2, 0) is 11.3 Å². The van der Waals surface area contributed by atoms with E-state index in [-0.39, 0.29) is 0 Å². The van der Waals surface area contributed by atoms with E-state index in [0.29, 0.717) is 12.0 Å². The number of ether oxygens (including phenoxy) is 1. The fourth-order valence-corrected chi connectivity index (χ4v) is 2.33. The lowest BCUT2D eigenvalue weighted by atomic mass is 10.2. The molecule has 1 aromatic rings. The van der Waals surface area contributed by atoms with E-state index in [4.69, 9.17) is 4.74 Å². The number of rotatable bonds is 7. The molecule has 0 aliphatic heterocycles. The van der Waals surface area contributed by atoms with Gasteiger partial charge in [0.25, 0.3) is 0 Å². The highest BCUT2D eigenvalue weighted by Gasteiger charge is 2.08. The Morgan fingerprint density at radius 2 is 2.25 bits per heavy atom. The van der Waals surface area contributed by atoms with Crippen molar-refractivity contribution in [1.82, 2.24) is 10.3 Å². The zero-order chi connectivity index (χ0) is 12.0. The van der Waals surface area contributed by atoms with E-state index < -0.39 is 0 Å². The molecular weight excluding hydrogens is 220 g/mol. The van der Waals surface area contributed by atoms with Crippen LogP contribution in [0.2, 0.25) is 0 Å². The minimum absolute atomic E-state index is 0.427. The van der Waals surface area contributed by atoms with Crippen LogP contribution in [0.3, 0.4) is 0 Å². The zero-order valence-corrected chi connectivity index (χ0v) is 11.4. The van der Waals surface area contributed by atoms with Gasteiger partial charge < -0.3 is 10.1 Å². The summed E-state index contributed by atoms with van der Waals surface area (Å²) in [4.78, 5) is 4.59. The Labute approximate surface area is 102 Å². The second kappa shape index (κ2) is 6.99. The predicted octanol–water partition coefficient (Wildman–Crippen LogP) is 2.78. The summed E-state index contributed by atoms with van der Waals surface area (Å²) < 4.78 is 5.15. The Morgan fingerprint density at radius 1 is 1.50 bits per heavy atom. The summed E-state index contributed by atoms with van der Waals surface area (Å²) in [6.45, 7) is 8.12. The number of thiazole rings is 1. The molecular formula is C12H22N2OS. The number of aromatic nitrogens is 1. The van der Waals surface area contributed by atoms with Crippen LogP contribution >= 0.6 is 11.3 Å². The molecule has 1 atom stereocenters. The van der Waals surface area contributed by atoms with Gasteiger partial charge in [0, 0.05) is 25.1 Å². The first-order valence-electron chi connectivity index (χ1n) is 5.84. The molecule has 0 saturated heterocycles. The Morgan fingerprint density at radius 3 is 2.75 bits per heavy atom. The van der Waals surface area contributed by atoms with Crippen molar-refractivity contribution in [3.63, 3.8) is 0 Å². The molecule has 1 heterocycles. The van der Waals surface area contributed by atoms with E-state index in [1.54, 1.807) is 18.4 Å². The van der Waals surface area contributed by atoms with Crippen molar-refractivity contribution in [3.05, 3.63) is 16.1 Å². The number of hydrogen-bond donors (Lipinski definition) is 1. The maximum atomic E-state index is 5.15. The molecule has 0 radical (unpaired) electrons. The van der Waals surface area contributed by atoms with Gasteiger partial charge >= 0.3 is 0 Å². The van der Waals surface area contributed by atoms with E-state index in [0.717, 1.165) is 19.6 Å². The molecule has 0 amide bonds. The van der Waals surface area contributed by atoms with Gasteiger partial charge in [0.15, 0.2) is 0 Å². The molecule has 1 N–H and O–H groups in total. The first kappa shape index (κ1) is 13.6. The van der Waals surface area contributed by atoms with Gasteiger partial charge in [-0.15, -0.1) is 11.3 Å². The van der Waals surface area contributed by atoms with Gasteiger partial charge in [0.1, 0.15) is 5.01 Å². The maximum Gasteiger partial charge on any atom is 0.107 e. The summed E-state index contributed by atoms with van der Waals surface area (Å²) in [5.74, 6) is 0.519. The van der Waals surface area contributed by atoms with Gasteiger partial charge in [-0.3, -0.25) is 0 Å². The van der Waals surface area contributed by atoms with E-state index in [2.05, 4.69) is 36.5 Å². The fraction of sp³-hybridized carbons (Fsp3) is 0.750. The van der Waals surface area contributed by atoms with Gasteiger partial charge in [-0.25, -0.2) is 4.98 Å². The third kappa shape index (κ3) is 4.20. The van der Waals surface area contributed by atoms with E-state index >= 15 is 0 Å². The van der Waals surface area contributed by atoms with Gasteiger partial charge in [0.2, 0.25) is 0 Å². The minimum Gasteiger partial charge on any atom is -0.383 e. The first-order chi connectivity index (χ1) is 7.67. The van der Waals surface area contributed by atoms with Crippen molar-refractivity contribution < 1.29 is 4.74 Å². The molecule has 1 rings (SSSR count). The summed E-state index contributed by atoms with van der Waals surface area (Å²) in [7, 11) is 1.74. The van der Waals surface area contributed by atoms with Gasteiger partial charge in [-0.1, -0.05) is 20.8 Å². The number of methoxy groups -OCH3 is 1. The van der Waals surface area contributed by atoms with Crippen molar-refractivity contribution in [2.24, 2.45) is 0 Å². The van der Waals surface area contributed by atoms with Crippen molar-refractivity contribution >= 4 is 11.3 Å². The predicted molar refractivity (Wildman–Crippen MR) is 69.0 cm³/mol. The van der Waals surface area contributed by atoms with Gasteiger partial charge in [0.05, 0.1) is 12.3 Å². The van der Waals surface area contributed by atoms with E-state index in [1.165, 1.54) is 10.7 Å². The molecule has 0 aromatic carbocycles. The standard InChI is InChI=1S/C12H22N2OS/c1-5-10(7-15-4)13-6-12-14-11(8-16-12)9(2)3/h8-10,13H,5-7H2,1-4H3. The molecule has 0 aliphatic carbocycles. The van der Waals surface area contributed by atoms with Crippen LogP contribution in [0.1, 0.15) is 43.8 Å². The summed E-state index contributed by atoms with van der Waals surface area (Å²) in [5, 5.41) is 6.78. The minimum atomic E-state index is 0.427. The third-order valence-electron chi connectivity index (χ3n) is 2.56. The summed E-state index contributed by atoms with van der Waals surface area (Å²) in [6, 6.07) is 0.427. The zero-order valence-electron chi connectivity index (χ0n) is 10.6. The molecule has 0 bridgehead atoms.